The van der Waals surface area contributed by atoms with E-state index in [0.29, 0.717) is 23.5 Å². The highest BCUT2D eigenvalue weighted by molar-refractivity contribution is 6.11. The van der Waals surface area contributed by atoms with Gasteiger partial charge in [-0.1, -0.05) is 12.5 Å². The molecule has 130 valence electrons. The van der Waals surface area contributed by atoms with Gasteiger partial charge in [0.1, 0.15) is 5.78 Å². The molecule has 0 radical (unpaired) electrons. The molecule has 24 heavy (non-hydrogen) atoms. The second kappa shape index (κ2) is 5.12. The van der Waals surface area contributed by atoms with Crippen LogP contribution in [-0.2, 0) is 14.4 Å². The molecule has 0 heterocycles. The van der Waals surface area contributed by atoms with E-state index in [-0.39, 0.29) is 29.3 Å². The van der Waals surface area contributed by atoms with Crippen LogP contribution < -0.4 is 0 Å². The standard InChI is InChI=1S/C21H28O3/c1-12(22)16-6-7-17-15-5-4-13-10-14(23)11-19(24)21(13,3)18(15)8-9-20(16,17)2/h10,15-18H,4-9,11H2,1-3H3/t15-,16+,17-,18-,20-,21-/m1/s1. The van der Waals surface area contributed by atoms with Gasteiger partial charge in [0.25, 0.3) is 0 Å². The molecule has 0 saturated heterocycles. The number of allylic oxidation sites excluding steroid dienone is 1. The molecule has 4 aliphatic rings. The van der Waals surface area contributed by atoms with Crippen molar-refractivity contribution in [3.8, 4) is 0 Å². The lowest BCUT2D eigenvalue weighted by atomic mass is 9.46. The molecular formula is C21H28O3. The van der Waals surface area contributed by atoms with E-state index in [0.717, 1.165) is 44.1 Å². The Kier molecular flexibility index (Phi) is 3.47. The Morgan fingerprint density at radius 2 is 1.83 bits per heavy atom. The lowest BCUT2D eigenvalue weighted by molar-refractivity contribution is -0.142. The van der Waals surface area contributed by atoms with Crippen molar-refractivity contribution in [3.63, 3.8) is 0 Å². The van der Waals surface area contributed by atoms with Crippen LogP contribution in [0.2, 0.25) is 0 Å². The van der Waals surface area contributed by atoms with Crippen LogP contribution in [0.25, 0.3) is 0 Å². The highest BCUT2D eigenvalue weighted by atomic mass is 16.2. The smallest absolute Gasteiger partial charge is 0.163 e. The number of rotatable bonds is 1. The van der Waals surface area contributed by atoms with E-state index in [1.807, 2.05) is 0 Å². The molecule has 0 bridgehead atoms. The van der Waals surface area contributed by atoms with Gasteiger partial charge in [-0.05, 0) is 81.6 Å². The summed E-state index contributed by atoms with van der Waals surface area (Å²) in [5, 5.41) is 0. The predicted molar refractivity (Wildman–Crippen MR) is 91.3 cm³/mol. The van der Waals surface area contributed by atoms with Gasteiger partial charge in [-0.25, -0.2) is 0 Å². The van der Waals surface area contributed by atoms with Gasteiger partial charge in [0.15, 0.2) is 11.6 Å². The molecule has 0 aromatic rings. The van der Waals surface area contributed by atoms with Crippen molar-refractivity contribution in [2.45, 2.75) is 65.7 Å². The number of hydrogen-bond acceptors (Lipinski definition) is 3. The molecule has 4 aliphatic carbocycles. The summed E-state index contributed by atoms with van der Waals surface area (Å²) in [6.07, 6.45) is 8.04. The molecule has 0 aromatic carbocycles. The average molecular weight is 328 g/mol. The van der Waals surface area contributed by atoms with E-state index >= 15 is 0 Å². The molecule has 0 N–H and O–H groups in total. The van der Waals surface area contributed by atoms with Gasteiger partial charge in [0, 0.05) is 5.92 Å². The van der Waals surface area contributed by atoms with Crippen molar-refractivity contribution in [2.24, 2.45) is 34.5 Å². The molecular weight excluding hydrogens is 300 g/mol. The van der Waals surface area contributed by atoms with E-state index in [1.165, 1.54) is 0 Å². The summed E-state index contributed by atoms with van der Waals surface area (Å²) in [7, 11) is 0. The van der Waals surface area contributed by atoms with Crippen molar-refractivity contribution in [3.05, 3.63) is 11.6 Å². The normalized spacial score (nSPS) is 47.5. The Bertz CT molecular complexity index is 660. The van der Waals surface area contributed by atoms with Crippen LogP contribution in [0.1, 0.15) is 65.7 Å². The third kappa shape index (κ3) is 1.93. The van der Waals surface area contributed by atoms with Crippen LogP contribution in [0, 0.1) is 34.5 Å². The highest BCUT2D eigenvalue weighted by Gasteiger charge is 2.61. The van der Waals surface area contributed by atoms with Gasteiger partial charge in [-0.2, -0.15) is 0 Å². The maximum absolute atomic E-state index is 12.8. The largest absolute Gasteiger partial charge is 0.300 e. The van der Waals surface area contributed by atoms with E-state index in [1.54, 1.807) is 13.0 Å². The fourth-order valence-corrected chi connectivity index (χ4v) is 7.09. The van der Waals surface area contributed by atoms with Crippen LogP contribution in [0.4, 0.5) is 0 Å². The van der Waals surface area contributed by atoms with E-state index < -0.39 is 5.41 Å². The summed E-state index contributed by atoms with van der Waals surface area (Å²) in [6.45, 7) is 6.18. The molecule has 0 aromatic heterocycles. The summed E-state index contributed by atoms with van der Waals surface area (Å²) >= 11 is 0. The van der Waals surface area contributed by atoms with Crippen molar-refractivity contribution in [2.75, 3.05) is 0 Å². The Balaban J connectivity index is 1.71. The van der Waals surface area contributed by atoms with Crippen molar-refractivity contribution < 1.29 is 14.4 Å². The van der Waals surface area contributed by atoms with Gasteiger partial charge in [0.05, 0.1) is 11.8 Å². The van der Waals surface area contributed by atoms with E-state index in [9.17, 15) is 14.4 Å². The van der Waals surface area contributed by atoms with Crippen molar-refractivity contribution in [1.29, 1.82) is 0 Å². The molecule has 4 rings (SSSR count). The van der Waals surface area contributed by atoms with Crippen LogP contribution in [0.15, 0.2) is 11.6 Å². The summed E-state index contributed by atoms with van der Waals surface area (Å²) < 4.78 is 0. The maximum Gasteiger partial charge on any atom is 0.163 e. The molecule has 3 saturated carbocycles. The number of ketones is 3. The van der Waals surface area contributed by atoms with E-state index in [4.69, 9.17) is 0 Å². The van der Waals surface area contributed by atoms with Crippen LogP contribution in [-0.4, -0.2) is 17.3 Å². The number of carbonyl (C=O) groups is 3. The third-order valence-corrected chi connectivity index (χ3v) is 8.33. The lowest BCUT2D eigenvalue weighted by Gasteiger charge is -2.57. The van der Waals surface area contributed by atoms with Gasteiger partial charge in [-0.15, -0.1) is 0 Å². The van der Waals surface area contributed by atoms with Crippen molar-refractivity contribution in [1.82, 2.24) is 0 Å². The number of hydrogen-bond donors (Lipinski definition) is 0. The summed E-state index contributed by atoms with van der Waals surface area (Å²) in [6, 6.07) is 0. The average Bonchev–Trinajstić information content (AvgIpc) is 2.86. The highest BCUT2D eigenvalue weighted by Crippen LogP contribution is 2.66. The Hall–Kier alpha value is -1.25. The quantitative estimate of drug-likeness (QED) is 0.686. The summed E-state index contributed by atoms with van der Waals surface area (Å²) in [5.74, 6) is 2.15. The van der Waals surface area contributed by atoms with Crippen LogP contribution in [0.5, 0.6) is 0 Å². The molecule has 3 fully saturated rings. The first kappa shape index (κ1) is 16.2. The first-order chi connectivity index (χ1) is 11.3. The van der Waals surface area contributed by atoms with Gasteiger partial charge in [0.2, 0.25) is 0 Å². The molecule has 0 amide bonds. The minimum Gasteiger partial charge on any atom is -0.300 e. The number of fused-ring (bicyclic) bond motifs is 5. The summed E-state index contributed by atoms with van der Waals surface area (Å²) in [4.78, 5) is 36.8. The monoisotopic (exact) mass is 328 g/mol. The second-order valence-corrected chi connectivity index (χ2v) is 9.14. The molecule has 3 heteroatoms. The lowest BCUT2D eigenvalue weighted by Crippen LogP contribution is -2.54. The van der Waals surface area contributed by atoms with Crippen LogP contribution >= 0.6 is 0 Å². The first-order valence-corrected chi connectivity index (χ1v) is 9.56. The minimum atomic E-state index is -0.424. The second-order valence-electron chi connectivity index (χ2n) is 9.14. The maximum atomic E-state index is 12.8. The Labute approximate surface area is 144 Å². The number of Topliss-reactive ketones (excluding diaryl/α,β-unsaturated/α-hetero) is 2. The van der Waals surface area contributed by atoms with Gasteiger partial charge in [-0.3, -0.25) is 14.4 Å². The zero-order valence-corrected chi connectivity index (χ0v) is 15.1. The zero-order valence-electron chi connectivity index (χ0n) is 15.1. The first-order valence-electron chi connectivity index (χ1n) is 9.56. The predicted octanol–water partition coefficient (Wildman–Crippen LogP) is 3.90. The third-order valence-electron chi connectivity index (χ3n) is 8.33. The molecule has 0 aliphatic heterocycles. The Morgan fingerprint density at radius 3 is 2.54 bits per heavy atom. The topological polar surface area (TPSA) is 51.2 Å². The molecule has 3 nitrogen and oxygen atoms in total. The van der Waals surface area contributed by atoms with Crippen molar-refractivity contribution >= 4 is 17.3 Å². The minimum absolute atomic E-state index is 0.0101. The van der Waals surface area contributed by atoms with Crippen LogP contribution in [0.3, 0.4) is 0 Å². The zero-order chi connectivity index (χ0) is 17.3. The molecule has 0 unspecified atom stereocenters. The molecule has 6 atom stereocenters. The number of carbonyl (C=O) groups excluding carboxylic acids is 3. The van der Waals surface area contributed by atoms with Gasteiger partial charge < -0.3 is 0 Å². The Morgan fingerprint density at radius 1 is 1.08 bits per heavy atom. The fraction of sp³-hybridized carbons (Fsp3) is 0.762. The summed E-state index contributed by atoms with van der Waals surface area (Å²) in [5.41, 5.74) is 0.791. The fourth-order valence-electron chi connectivity index (χ4n) is 7.09. The molecule has 0 spiro atoms. The van der Waals surface area contributed by atoms with E-state index in [2.05, 4.69) is 13.8 Å². The SMILES string of the molecule is CC(=O)[C@@H]1CC[C@@H]2[C@H]3CCC4=CC(=O)CC(=O)[C@@]4(C)[C@@H]3CC[C@@]21C. The van der Waals surface area contributed by atoms with Gasteiger partial charge >= 0.3 is 0 Å².